The van der Waals surface area contributed by atoms with E-state index in [9.17, 15) is 12.8 Å². The molecule has 2 rings (SSSR count). The van der Waals surface area contributed by atoms with Gasteiger partial charge < -0.3 is 5.11 Å². The summed E-state index contributed by atoms with van der Waals surface area (Å²) in [5, 5.41) is 9.18. The quantitative estimate of drug-likeness (QED) is 0.892. The van der Waals surface area contributed by atoms with Crippen LogP contribution in [0.1, 0.15) is 12.0 Å². The molecule has 1 N–H and O–H groups in total. The molecule has 0 bridgehead atoms. The number of rotatable bonds is 5. The van der Waals surface area contributed by atoms with Crippen LogP contribution in [-0.2, 0) is 16.4 Å². The molecular formula is C13H17ClFNO3S. The van der Waals surface area contributed by atoms with Gasteiger partial charge in [-0.2, -0.15) is 0 Å². The van der Waals surface area contributed by atoms with Crippen LogP contribution < -0.4 is 0 Å². The number of hydrogen-bond acceptors (Lipinski definition) is 4. The van der Waals surface area contributed by atoms with Gasteiger partial charge >= 0.3 is 0 Å². The van der Waals surface area contributed by atoms with Crippen molar-refractivity contribution in [1.29, 1.82) is 0 Å². The molecule has 4 nitrogen and oxygen atoms in total. The van der Waals surface area contributed by atoms with E-state index >= 15 is 0 Å². The topological polar surface area (TPSA) is 57.6 Å². The third kappa shape index (κ3) is 3.91. The smallest absolute Gasteiger partial charge is 0.151 e. The van der Waals surface area contributed by atoms with E-state index in [1.54, 1.807) is 6.07 Å². The van der Waals surface area contributed by atoms with E-state index in [4.69, 9.17) is 16.7 Å². The lowest BCUT2D eigenvalue weighted by Crippen LogP contribution is -2.37. The number of sulfone groups is 1. The average molecular weight is 322 g/mol. The van der Waals surface area contributed by atoms with Crippen molar-refractivity contribution in [3.8, 4) is 0 Å². The Bertz CT molecular complexity index is 579. The molecule has 0 spiro atoms. The molecule has 1 saturated heterocycles. The molecule has 1 aromatic rings. The number of aliphatic hydroxyl groups excluding tert-OH is 1. The van der Waals surface area contributed by atoms with Gasteiger partial charge in [-0.05, 0) is 24.1 Å². The van der Waals surface area contributed by atoms with Crippen molar-refractivity contribution >= 4 is 21.4 Å². The minimum atomic E-state index is -2.98. The van der Waals surface area contributed by atoms with Crippen LogP contribution >= 0.6 is 11.6 Å². The van der Waals surface area contributed by atoms with Gasteiger partial charge in [0.15, 0.2) is 9.84 Å². The first-order chi connectivity index (χ1) is 9.41. The normalized spacial score (nSPS) is 21.5. The highest BCUT2D eigenvalue weighted by Gasteiger charge is 2.32. The molecule has 1 fully saturated rings. The van der Waals surface area contributed by atoms with Gasteiger partial charge in [-0.1, -0.05) is 17.7 Å². The Labute approximate surface area is 123 Å². The minimum absolute atomic E-state index is 0.0610. The van der Waals surface area contributed by atoms with E-state index in [-0.39, 0.29) is 29.2 Å². The number of hydrogen-bond donors (Lipinski definition) is 1. The van der Waals surface area contributed by atoms with E-state index in [0.717, 1.165) is 0 Å². The molecule has 0 radical (unpaired) electrons. The average Bonchev–Trinajstić information content (AvgIpc) is 2.74. The van der Waals surface area contributed by atoms with Crippen molar-refractivity contribution < 1.29 is 17.9 Å². The monoisotopic (exact) mass is 321 g/mol. The standard InChI is InChI=1S/C13H17ClFNO3S/c14-12-2-1-10(7-13(12)15)8-16(4-5-17)11-3-6-20(18,19)9-11/h1-2,7,11,17H,3-6,8-9H2. The van der Waals surface area contributed by atoms with Gasteiger partial charge in [-0.25, -0.2) is 12.8 Å². The van der Waals surface area contributed by atoms with Gasteiger partial charge in [0.1, 0.15) is 5.82 Å². The van der Waals surface area contributed by atoms with E-state index in [2.05, 4.69) is 0 Å². The Morgan fingerprint density at radius 3 is 2.75 bits per heavy atom. The first kappa shape index (κ1) is 15.7. The number of halogens is 2. The molecule has 1 aliphatic rings. The zero-order chi connectivity index (χ0) is 14.8. The third-order valence-electron chi connectivity index (χ3n) is 3.48. The summed E-state index contributed by atoms with van der Waals surface area (Å²) in [6, 6.07) is 4.41. The highest BCUT2D eigenvalue weighted by molar-refractivity contribution is 7.91. The molecule has 1 aromatic carbocycles. The second-order valence-electron chi connectivity index (χ2n) is 5.00. The summed E-state index contributed by atoms with van der Waals surface area (Å²) in [6.07, 6.45) is 0.554. The van der Waals surface area contributed by atoms with Crippen LogP contribution in [0, 0.1) is 5.82 Å². The highest BCUT2D eigenvalue weighted by atomic mass is 35.5. The second kappa shape index (κ2) is 6.39. The SMILES string of the molecule is O=S1(=O)CCC(N(CCO)Cc2ccc(Cl)c(F)c2)C1. The van der Waals surface area contributed by atoms with E-state index < -0.39 is 15.7 Å². The van der Waals surface area contributed by atoms with Gasteiger partial charge in [0.2, 0.25) is 0 Å². The fourth-order valence-corrected chi connectivity index (χ4v) is 4.33. The molecular weight excluding hydrogens is 305 g/mol. The molecule has 0 aromatic heterocycles. The van der Waals surface area contributed by atoms with Crippen LogP contribution in [-0.4, -0.2) is 49.1 Å². The maximum atomic E-state index is 13.4. The molecule has 1 aliphatic heterocycles. The van der Waals surface area contributed by atoms with Crippen molar-refractivity contribution in [3.63, 3.8) is 0 Å². The lowest BCUT2D eigenvalue weighted by molar-refractivity contribution is 0.153. The van der Waals surface area contributed by atoms with Gasteiger partial charge in [0.25, 0.3) is 0 Å². The minimum Gasteiger partial charge on any atom is -0.395 e. The molecule has 1 unspecified atom stereocenters. The first-order valence-corrected chi connectivity index (χ1v) is 8.60. The van der Waals surface area contributed by atoms with E-state index in [0.29, 0.717) is 25.1 Å². The number of aliphatic hydroxyl groups is 1. The molecule has 20 heavy (non-hydrogen) atoms. The van der Waals surface area contributed by atoms with E-state index in [1.165, 1.54) is 12.1 Å². The molecule has 1 atom stereocenters. The Hall–Kier alpha value is -0.690. The van der Waals surface area contributed by atoms with Crippen molar-refractivity contribution in [2.75, 3.05) is 24.7 Å². The van der Waals surface area contributed by atoms with Crippen LogP contribution in [0.4, 0.5) is 4.39 Å². The van der Waals surface area contributed by atoms with Crippen LogP contribution in [0.25, 0.3) is 0 Å². The maximum Gasteiger partial charge on any atom is 0.151 e. The van der Waals surface area contributed by atoms with Crippen LogP contribution in [0.3, 0.4) is 0 Å². The summed E-state index contributed by atoms with van der Waals surface area (Å²) in [7, 11) is -2.98. The predicted octanol–water partition coefficient (Wildman–Crippen LogP) is 1.46. The zero-order valence-corrected chi connectivity index (χ0v) is 12.5. The Kier molecular flexibility index (Phi) is 5.01. The van der Waals surface area contributed by atoms with Crippen LogP contribution in [0.15, 0.2) is 18.2 Å². The largest absolute Gasteiger partial charge is 0.395 e. The van der Waals surface area contributed by atoms with Crippen molar-refractivity contribution in [2.45, 2.75) is 19.0 Å². The molecule has 0 amide bonds. The van der Waals surface area contributed by atoms with Crippen LogP contribution in [0.2, 0.25) is 5.02 Å². The van der Waals surface area contributed by atoms with Crippen molar-refractivity contribution in [2.24, 2.45) is 0 Å². The highest BCUT2D eigenvalue weighted by Crippen LogP contribution is 2.21. The molecule has 7 heteroatoms. The predicted molar refractivity (Wildman–Crippen MR) is 76.0 cm³/mol. The summed E-state index contributed by atoms with van der Waals surface area (Å²) in [5.41, 5.74) is 0.713. The summed E-state index contributed by atoms with van der Waals surface area (Å²) in [4.78, 5) is 1.88. The van der Waals surface area contributed by atoms with Gasteiger partial charge in [0.05, 0.1) is 23.1 Å². The summed E-state index contributed by atoms with van der Waals surface area (Å²) in [6.45, 7) is 0.700. The van der Waals surface area contributed by atoms with Crippen molar-refractivity contribution in [3.05, 3.63) is 34.6 Å². The number of nitrogens with zero attached hydrogens (tertiary/aromatic N) is 1. The zero-order valence-electron chi connectivity index (χ0n) is 10.9. The Morgan fingerprint density at radius 1 is 1.45 bits per heavy atom. The van der Waals surface area contributed by atoms with Gasteiger partial charge in [-0.15, -0.1) is 0 Å². The lowest BCUT2D eigenvalue weighted by atomic mass is 10.1. The maximum absolute atomic E-state index is 13.4. The van der Waals surface area contributed by atoms with Crippen molar-refractivity contribution in [1.82, 2.24) is 4.90 Å². The second-order valence-corrected chi connectivity index (χ2v) is 7.64. The fourth-order valence-electron chi connectivity index (χ4n) is 2.46. The molecule has 112 valence electrons. The molecule has 0 aliphatic carbocycles. The Balaban J connectivity index is 2.11. The lowest BCUT2D eigenvalue weighted by Gasteiger charge is -2.27. The molecule has 0 saturated carbocycles. The van der Waals surface area contributed by atoms with Gasteiger partial charge in [-0.3, -0.25) is 4.90 Å². The molecule has 1 heterocycles. The Morgan fingerprint density at radius 2 is 2.20 bits per heavy atom. The third-order valence-corrected chi connectivity index (χ3v) is 5.54. The first-order valence-electron chi connectivity index (χ1n) is 6.40. The number of benzene rings is 1. The van der Waals surface area contributed by atoms with E-state index in [1.807, 2.05) is 4.90 Å². The fraction of sp³-hybridized carbons (Fsp3) is 0.538. The van der Waals surface area contributed by atoms with Crippen LogP contribution in [0.5, 0.6) is 0 Å². The summed E-state index contributed by atoms with van der Waals surface area (Å²) < 4.78 is 36.5. The summed E-state index contributed by atoms with van der Waals surface area (Å²) in [5.74, 6) is -0.218. The van der Waals surface area contributed by atoms with Gasteiger partial charge in [0, 0.05) is 19.1 Å². The summed E-state index contributed by atoms with van der Waals surface area (Å²) >= 11 is 5.63.